The number of rotatable bonds is 6. The predicted molar refractivity (Wildman–Crippen MR) is 165 cm³/mol. The molecule has 192 valence electrons. The molecular weight excluding hydrogens is 529 g/mol. The molecule has 2 nitrogen and oxygen atoms in total. The first-order chi connectivity index (χ1) is 19.7. The molecule has 0 saturated carbocycles. The lowest BCUT2D eigenvalue weighted by molar-refractivity contribution is 0.104. The molecule has 0 amide bonds. The van der Waals surface area contributed by atoms with E-state index in [1.165, 1.54) is 0 Å². The fraction of sp³-hybridized carbons (Fsp3) is 0. The van der Waals surface area contributed by atoms with Crippen LogP contribution in [0.25, 0.3) is 11.1 Å². The van der Waals surface area contributed by atoms with E-state index in [0.717, 1.165) is 29.3 Å². The maximum atomic E-state index is 13.7. The van der Waals surface area contributed by atoms with Crippen molar-refractivity contribution in [2.45, 2.75) is 0 Å². The number of carbonyl (C=O) groups excluding carboxylic acids is 2. The number of hydrogen-bond donors (Lipinski definition) is 0. The van der Waals surface area contributed by atoms with Gasteiger partial charge < -0.3 is 0 Å². The molecular formula is C36H24O2S2. The Kier molecular flexibility index (Phi) is 7.45. The zero-order valence-corrected chi connectivity index (χ0v) is 23.1. The summed E-state index contributed by atoms with van der Waals surface area (Å²) >= 11 is 3.19. The summed E-state index contributed by atoms with van der Waals surface area (Å²) in [6.45, 7) is 0. The van der Waals surface area contributed by atoms with Gasteiger partial charge in [0.2, 0.25) is 0 Å². The molecule has 0 saturated heterocycles. The number of benzene rings is 4. The Bertz CT molecular complexity index is 1860. The molecule has 2 aromatic heterocycles. The van der Waals surface area contributed by atoms with Gasteiger partial charge in [0.25, 0.3) is 0 Å². The second-order valence-corrected chi connectivity index (χ2v) is 11.4. The number of Topliss-reactive ketones (excluding diaryl/α,β-unsaturated/α-hetero) is 2. The molecule has 0 atom stereocenters. The Labute approximate surface area is 240 Å². The van der Waals surface area contributed by atoms with Gasteiger partial charge >= 0.3 is 0 Å². The van der Waals surface area contributed by atoms with Crippen molar-refractivity contribution in [2.75, 3.05) is 0 Å². The molecule has 0 unspecified atom stereocenters. The molecule has 0 radical (unpaired) electrons. The molecule has 40 heavy (non-hydrogen) atoms. The summed E-state index contributed by atoms with van der Waals surface area (Å²) in [5.74, 6) is 0.000414. The summed E-state index contributed by atoms with van der Waals surface area (Å²) in [5, 5.41) is 0. The van der Waals surface area contributed by atoms with Crippen LogP contribution in [-0.2, 0) is 0 Å². The second-order valence-electron chi connectivity index (χ2n) is 9.20. The lowest BCUT2D eigenvalue weighted by Crippen LogP contribution is -2.12. The van der Waals surface area contributed by atoms with Gasteiger partial charge in [-0.3, -0.25) is 9.59 Å². The topological polar surface area (TPSA) is 34.1 Å². The predicted octanol–water partition coefficient (Wildman–Crippen LogP) is 7.26. The molecule has 0 aliphatic heterocycles. The maximum Gasteiger partial charge on any atom is 0.195 e. The molecule has 4 heteroatoms. The lowest BCUT2D eigenvalue weighted by Gasteiger charge is -2.06. The van der Waals surface area contributed by atoms with Crippen LogP contribution in [0.1, 0.15) is 31.8 Å². The number of hydrogen-bond acceptors (Lipinski definition) is 4. The van der Waals surface area contributed by atoms with Gasteiger partial charge in [0.1, 0.15) is 0 Å². The summed E-state index contributed by atoms with van der Waals surface area (Å²) in [7, 11) is 0. The van der Waals surface area contributed by atoms with Gasteiger partial charge in [-0.2, -0.15) is 0 Å². The Balaban J connectivity index is 1.57. The summed E-state index contributed by atoms with van der Waals surface area (Å²) in [6, 6.07) is 46.7. The minimum absolute atomic E-state index is 0.000207. The zero-order chi connectivity index (χ0) is 27.3. The Morgan fingerprint density at radius 1 is 0.350 bits per heavy atom. The largest absolute Gasteiger partial charge is 0.289 e. The molecule has 0 fully saturated rings. The SMILES string of the molecule is O=C(/C(c1ccccc1)=c1/cc/c(=c2\cc/c(=C(\C(=O)c3ccccc3)c3ccccc3)s2)s1)c1ccccc1. The van der Waals surface area contributed by atoms with E-state index in [4.69, 9.17) is 0 Å². The van der Waals surface area contributed by atoms with Gasteiger partial charge in [0.05, 0.1) is 0 Å². The number of ketones is 2. The summed E-state index contributed by atoms with van der Waals surface area (Å²) < 4.78 is 3.94. The molecule has 0 bridgehead atoms. The molecule has 0 N–H and O–H groups in total. The van der Waals surface area contributed by atoms with E-state index < -0.39 is 0 Å². The lowest BCUT2D eigenvalue weighted by atomic mass is 9.97. The van der Waals surface area contributed by atoms with Crippen LogP contribution < -0.4 is 9.06 Å². The van der Waals surface area contributed by atoms with Crippen molar-refractivity contribution in [3.63, 3.8) is 0 Å². The highest BCUT2D eigenvalue weighted by Crippen LogP contribution is 2.21. The Hall–Kier alpha value is -4.64. The summed E-state index contributed by atoms with van der Waals surface area (Å²) in [5.41, 5.74) is 4.49. The minimum Gasteiger partial charge on any atom is -0.289 e. The Morgan fingerprint density at radius 2 is 0.650 bits per heavy atom. The van der Waals surface area contributed by atoms with Gasteiger partial charge in [-0.1, -0.05) is 121 Å². The monoisotopic (exact) mass is 552 g/mol. The summed E-state index contributed by atoms with van der Waals surface area (Å²) in [6.07, 6.45) is 0. The van der Waals surface area contributed by atoms with E-state index >= 15 is 0 Å². The quantitative estimate of drug-likeness (QED) is 0.204. The van der Waals surface area contributed by atoms with Crippen molar-refractivity contribution in [3.05, 3.63) is 186 Å². The minimum atomic E-state index is 0.000207. The van der Waals surface area contributed by atoms with Gasteiger partial charge in [-0.05, 0) is 35.4 Å². The van der Waals surface area contributed by atoms with E-state index in [2.05, 4.69) is 12.1 Å². The van der Waals surface area contributed by atoms with E-state index in [-0.39, 0.29) is 11.6 Å². The highest BCUT2D eigenvalue weighted by molar-refractivity contribution is 7.11. The van der Waals surface area contributed by atoms with E-state index in [1.807, 2.05) is 133 Å². The summed E-state index contributed by atoms with van der Waals surface area (Å²) in [4.78, 5) is 27.4. The first kappa shape index (κ1) is 25.6. The molecule has 6 aromatic rings. The molecule has 0 aliphatic rings. The first-order valence-electron chi connectivity index (χ1n) is 12.9. The van der Waals surface area contributed by atoms with Gasteiger partial charge in [0, 0.05) is 40.4 Å². The van der Waals surface area contributed by atoms with Gasteiger partial charge in [-0.15, -0.1) is 22.7 Å². The smallest absolute Gasteiger partial charge is 0.195 e. The highest BCUT2D eigenvalue weighted by atomic mass is 32.1. The van der Waals surface area contributed by atoms with E-state index in [1.54, 1.807) is 22.7 Å². The van der Waals surface area contributed by atoms with Crippen LogP contribution in [0.15, 0.2) is 146 Å². The van der Waals surface area contributed by atoms with Crippen molar-refractivity contribution in [1.82, 2.24) is 0 Å². The van der Waals surface area contributed by atoms with Gasteiger partial charge in [0.15, 0.2) is 11.6 Å². The van der Waals surface area contributed by atoms with Crippen molar-refractivity contribution in [2.24, 2.45) is 0 Å². The van der Waals surface area contributed by atoms with Crippen molar-refractivity contribution >= 4 is 45.4 Å². The molecule has 0 aliphatic carbocycles. The Morgan fingerprint density at radius 3 is 0.975 bits per heavy atom. The average molecular weight is 553 g/mol. The normalized spacial score (nSPS) is 13.4. The highest BCUT2D eigenvalue weighted by Gasteiger charge is 2.17. The van der Waals surface area contributed by atoms with Crippen LogP contribution >= 0.6 is 22.7 Å². The fourth-order valence-electron chi connectivity index (χ4n) is 4.66. The van der Waals surface area contributed by atoms with Crippen LogP contribution in [0, 0.1) is 9.06 Å². The van der Waals surface area contributed by atoms with Crippen LogP contribution in [0.5, 0.6) is 0 Å². The molecule has 6 rings (SSSR count). The average Bonchev–Trinajstić information content (AvgIpc) is 3.70. The third kappa shape index (κ3) is 5.28. The van der Waals surface area contributed by atoms with Crippen molar-refractivity contribution in [3.8, 4) is 0 Å². The zero-order valence-electron chi connectivity index (χ0n) is 21.5. The molecule has 4 aromatic carbocycles. The number of carbonyl (C=O) groups is 2. The van der Waals surface area contributed by atoms with E-state index in [0.29, 0.717) is 22.3 Å². The van der Waals surface area contributed by atoms with Crippen molar-refractivity contribution < 1.29 is 9.59 Å². The van der Waals surface area contributed by atoms with Gasteiger partial charge in [-0.25, -0.2) is 0 Å². The third-order valence-electron chi connectivity index (χ3n) is 6.60. The molecule has 2 heterocycles. The van der Waals surface area contributed by atoms with Crippen LogP contribution in [0.2, 0.25) is 0 Å². The standard InChI is InChI=1S/C36H24O2S2/c37-35(27-17-9-3-10-18-27)33(25-13-5-1-6-14-25)31-23-21-29(39-31)30-22-24-32(40-30)34(26-15-7-2-8-16-26)36(38)28-19-11-4-12-20-28/h1-24H/b30-29-,33-31-,34-32+. The van der Waals surface area contributed by atoms with Crippen LogP contribution in [0.3, 0.4) is 0 Å². The third-order valence-corrected chi connectivity index (χ3v) is 9.00. The maximum absolute atomic E-state index is 13.7. The van der Waals surface area contributed by atoms with E-state index in [9.17, 15) is 9.59 Å². The molecule has 0 spiro atoms. The van der Waals surface area contributed by atoms with Crippen LogP contribution in [-0.4, -0.2) is 11.6 Å². The second kappa shape index (κ2) is 11.6. The van der Waals surface area contributed by atoms with Crippen LogP contribution in [0.4, 0.5) is 0 Å². The van der Waals surface area contributed by atoms with Crippen molar-refractivity contribution in [1.29, 1.82) is 0 Å². The first-order valence-corrected chi connectivity index (χ1v) is 14.6. The fourth-order valence-corrected chi connectivity index (χ4v) is 6.89. The number of thiophene rings is 2.